The summed E-state index contributed by atoms with van der Waals surface area (Å²) in [5.41, 5.74) is 5.85. The molecule has 1 aromatic carbocycles. The molecule has 5 heteroatoms. The van der Waals surface area contributed by atoms with Gasteiger partial charge in [-0.2, -0.15) is 0 Å². The summed E-state index contributed by atoms with van der Waals surface area (Å²) in [6.45, 7) is 0. The van der Waals surface area contributed by atoms with Gasteiger partial charge in [0.15, 0.2) is 0 Å². The lowest BCUT2D eigenvalue weighted by molar-refractivity contribution is 0.0463. The van der Waals surface area contributed by atoms with Crippen LogP contribution in [0, 0.1) is 5.82 Å². The number of carbonyl (C=O) groups is 1. The van der Waals surface area contributed by atoms with E-state index in [1.54, 1.807) is 6.07 Å². The Morgan fingerprint density at radius 3 is 2.62 bits per heavy atom. The van der Waals surface area contributed by atoms with Crippen LogP contribution in [-0.2, 0) is 0 Å². The first-order chi connectivity index (χ1) is 10.0. The highest BCUT2D eigenvalue weighted by Gasteiger charge is 2.36. The Labute approximate surface area is 124 Å². The Morgan fingerprint density at radius 2 is 2.00 bits per heavy atom. The molecular formula is C16H22FN3O. The van der Waals surface area contributed by atoms with E-state index in [0.29, 0.717) is 17.6 Å². The molecule has 2 aliphatic rings. The van der Waals surface area contributed by atoms with Gasteiger partial charge in [-0.05, 0) is 50.9 Å². The SMILES string of the molecule is CN1C2CCCC1CC(NC(=O)c1ccc(N)c(F)c1)C2. The lowest BCUT2D eigenvalue weighted by Gasteiger charge is -2.47. The van der Waals surface area contributed by atoms with Crippen LogP contribution in [0.3, 0.4) is 0 Å². The molecule has 0 saturated carbocycles. The third kappa shape index (κ3) is 2.88. The van der Waals surface area contributed by atoms with Gasteiger partial charge in [-0.1, -0.05) is 6.42 Å². The van der Waals surface area contributed by atoms with Crippen molar-refractivity contribution in [2.24, 2.45) is 0 Å². The zero-order chi connectivity index (χ0) is 15.0. The fourth-order valence-electron chi connectivity index (χ4n) is 3.67. The van der Waals surface area contributed by atoms with Crippen LogP contribution >= 0.6 is 0 Å². The largest absolute Gasteiger partial charge is 0.396 e. The fraction of sp³-hybridized carbons (Fsp3) is 0.562. The number of hydrogen-bond acceptors (Lipinski definition) is 3. The van der Waals surface area contributed by atoms with E-state index in [-0.39, 0.29) is 17.6 Å². The van der Waals surface area contributed by atoms with E-state index in [0.717, 1.165) is 12.8 Å². The van der Waals surface area contributed by atoms with Crippen LogP contribution in [-0.4, -0.2) is 36.0 Å². The molecule has 0 aromatic heterocycles. The standard InChI is InChI=1S/C16H22FN3O/c1-20-12-3-2-4-13(20)9-11(8-12)19-16(21)10-5-6-15(18)14(17)7-10/h5-7,11-13H,2-4,8-9,18H2,1H3,(H,19,21). The van der Waals surface area contributed by atoms with Gasteiger partial charge in [0.05, 0.1) is 5.69 Å². The summed E-state index contributed by atoms with van der Waals surface area (Å²) in [4.78, 5) is 14.7. The zero-order valence-electron chi connectivity index (χ0n) is 12.3. The maximum Gasteiger partial charge on any atom is 0.251 e. The number of carbonyl (C=O) groups excluding carboxylic acids is 1. The number of amides is 1. The molecule has 0 radical (unpaired) electrons. The average molecular weight is 291 g/mol. The Kier molecular flexibility index (Phi) is 3.85. The smallest absolute Gasteiger partial charge is 0.251 e. The Morgan fingerprint density at radius 1 is 1.33 bits per heavy atom. The maximum absolute atomic E-state index is 13.4. The molecule has 21 heavy (non-hydrogen) atoms. The second-order valence-corrected chi connectivity index (χ2v) is 6.28. The topological polar surface area (TPSA) is 58.4 Å². The third-order valence-corrected chi connectivity index (χ3v) is 4.94. The van der Waals surface area contributed by atoms with Crippen molar-refractivity contribution in [3.8, 4) is 0 Å². The summed E-state index contributed by atoms with van der Waals surface area (Å²) < 4.78 is 13.4. The highest BCUT2D eigenvalue weighted by atomic mass is 19.1. The molecule has 2 fully saturated rings. The molecule has 0 aliphatic carbocycles. The first kappa shape index (κ1) is 14.3. The van der Waals surface area contributed by atoms with Crippen LogP contribution in [0.2, 0.25) is 0 Å². The number of halogens is 1. The maximum atomic E-state index is 13.4. The molecule has 1 amide bonds. The summed E-state index contributed by atoms with van der Waals surface area (Å²) in [7, 11) is 2.18. The molecule has 1 aromatic rings. The molecule has 2 bridgehead atoms. The number of nitrogen functional groups attached to an aromatic ring is 1. The van der Waals surface area contributed by atoms with E-state index in [2.05, 4.69) is 17.3 Å². The molecule has 3 N–H and O–H groups in total. The monoisotopic (exact) mass is 291 g/mol. The minimum absolute atomic E-state index is 0.0698. The van der Waals surface area contributed by atoms with Crippen molar-refractivity contribution in [1.29, 1.82) is 0 Å². The van der Waals surface area contributed by atoms with Gasteiger partial charge in [0, 0.05) is 23.7 Å². The van der Waals surface area contributed by atoms with E-state index in [4.69, 9.17) is 5.73 Å². The average Bonchev–Trinajstić information content (AvgIpc) is 2.43. The van der Waals surface area contributed by atoms with Gasteiger partial charge >= 0.3 is 0 Å². The summed E-state index contributed by atoms with van der Waals surface area (Å²) in [6, 6.07) is 5.53. The second-order valence-electron chi connectivity index (χ2n) is 6.28. The summed E-state index contributed by atoms with van der Waals surface area (Å²) in [6.07, 6.45) is 5.65. The summed E-state index contributed by atoms with van der Waals surface area (Å²) >= 11 is 0. The lowest BCUT2D eigenvalue weighted by Crippen LogP contribution is -2.55. The van der Waals surface area contributed by atoms with Crippen LogP contribution in [0.5, 0.6) is 0 Å². The molecule has 2 atom stereocenters. The number of fused-ring (bicyclic) bond motifs is 2. The van der Waals surface area contributed by atoms with Gasteiger partial charge in [0.2, 0.25) is 0 Å². The minimum Gasteiger partial charge on any atom is -0.396 e. The van der Waals surface area contributed by atoms with Crippen LogP contribution in [0.1, 0.15) is 42.5 Å². The number of nitrogens with zero attached hydrogens (tertiary/aromatic N) is 1. The molecule has 4 nitrogen and oxygen atoms in total. The quantitative estimate of drug-likeness (QED) is 0.821. The number of benzene rings is 1. The van der Waals surface area contributed by atoms with Crippen LogP contribution in [0.25, 0.3) is 0 Å². The lowest BCUT2D eigenvalue weighted by atomic mass is 9.82. The number of piperidine rings is 2. The molecule has 114 valence electrons. The van der Waals surface area contributed by atoms with Crippen molar-refractivity contribution < 1.29 is 9.18 Å². The zero-order valence-corrected chi connectivity index (χ0v) is 12.3. The molecular weight excluding hydrogens is 269 g/mol. The number of nitrogens with one attached hydrogen (secondary N) is 1. The summed E-state index contributed by atoms with van der Waals surface area (Å²) in [5, 5.41) is 3.06. The van der Waals surface area contributed by atoms with E-state index in [1.807, 2.05) is 0 Å². The minimum atomic E-state index is -0.539. The van der Waals surface area contributed by atoms with Crippen LogP contribution in [0.15, 0.2) is 18.2 Å². The van der Waals surface area contributed by atoms with E-state index in [9.17, 15) is 9.18 Å². The van der Waals surface area contributed by atoms with E-state index in [1.165, 1.54) is 31.4 Å². The van der Waals surface area contributed by atoms with Crippen molar-refractivity contribution in [2.75, 3.05) is 12.8 Å². The van der Waals surface area contributed by atoms with Crippen LogP contribution in [0.4, 0.5) is 10.1 Å². The normalized spacial score (nSPS) is 29.1. The molecule has 2 heterocycles. The predicted octanol–water partition coefficient (Wildman–Crippen LogP) is 2.15. The van der Waals surface area contributed by atoms with Crippen LogP contribution < -0.4 is 11.1 Å². The van der Waals surface area contributed by atoms with Crippen molar-refractivity contribution >= 4 is 11.6 Å². The van der Waals surface area contributed by atoms with Gasteiger partial charge in [-0.15, -0.1) is 0 Å². The van der Waals surface area contributed by atoms with E-state index >= 15 is 0 Å². The highest BCUT2D eigenvalue weighted by molar-refractivity contribution is 5.94. The van der Waals surface area contributed by atoms with Gasteiger partial charge in [0.25, 0.3) is 5.91 Å². The Balaban J connectivity index is 1.66. The molecule has 0 spiro atoms. The first-order valence-corrected chi connectivity index (χ1v) is 7.62. The van der Waals surface area contributed by atoms with Crippen molar-refractivity contribution in [3.63, 3.8) is 0 Å². The van der Waals surface area contributed by atoms with Gasteiger partial charge in [-0.3, -0.25) is 4.79 Å². The molecule has 3 rings (SSSR count). The summed E-state index contributed by atoms with van der Waals surface area (Å²) in [5.74, 6) is -0.746. The molecule has 2 unspecified atom stereocenters. The van der Waals surface area contributed by atoms with Gasteiger partial charge in [-0.25, -0.2) is 4.39 Å². The number of nitrogens with two attached hydrogens (primary N) is 1. The Hall–Kier alpha value is -1.62. The molecule has 2 saturated heterocycles. The number of rotatable bonds is 2. The van der Waals surface area contributed by atoms with Crippen molar-refractivity contribution in [2.45, 2.75) is 50.2 Å². The van der Waals surface area contributed by atoms with Gasteiger partial charge < -0.3 is 16.0 Å². The second kappa shape index (κ2) is 5.64. The number of anilines is 1. The first-order valence-electron chi connectivity index (χ1n) is 7.62. The number of hydrogen-bond donors (Lipinski definition) is 2. The van der Waals surface area contributed by atoms with Gasteiger partial charge in [0.1, 0.15) is 5.82 Å². The molecule has 2 aliphatic heterocycles. The Bertz CT molecular complexity index is 534. The third-order valence-electron chi connectivity index (χ3n) is 4.94. The predicted molar refractivity (Wildman–Crippen MR) is 80.5 cm³/mol. The van der Waals surface area contributed by atoms with Crippen molar-refractivity contribution in [3.05, 3.63) is 29.6 Å². The van der Waals surface area contributed by atoms with E-state index < -0.39 is 5.82 Å². The van der Waals surface area contributed by atoms with Crippen molar-refractivity contribution in [1.82, 2.24) is 10.2 Å². The highest BCUT2D eigenvalue weighted by Crippen LogP contribution is 2.32. The fourth-order valence-corrected chi connectivity index (χ4v) is 3.67.